The molecule has 1 aromatic rings. The number of benzene rings is 1. The summed E-state index contributed by atoms with van der Waals surface area (Å²) < 4.78 is 0. The molecule has 0 spiro atoms. The molecule has 1 saturated heterocycles. The maximum absolute atomic E-state index is 12.7. The summed E-state index contributed by atoms with van der Waals surface area (Å²) in [5.41, 5.74) is 7.31. The molecule has 152 valence electrons. The van der Waals surface area contributed by atoms with E-state index in [4.69, 9.17) is 5.73 Å². The van der Waals surface area contributed by atoms with Gasteiger partial charge in [-0.2, -0.15) is 0 Å². The van der Waals surface area contributed by atoms with Crippen LogP contribution >= 0.6 is 12.4 Å². The van der Waals surface area contributed by atoms with Gasteiger partial charge in [0.2, 0.25) is 5.91 Å². The number of hydrogen-bond donors (Lipinski definition) is 3. The van der Waals surface area contributed by atoms with E-state index in [0.29, 0.717) is 19.6 Å². The molecule has 0 radical (unpaired) electrons. The van der Waals surface area contributed by atoms with Crippen molar-refractivity contribution in [2.75, 3.05) is 25.0 Å². The van der Waals surface area contributed by atoms with E-state index in [0.717, 1.165) is 24.1 Å². The third kappa shape index (κ3) is 6.11. The molecule has 1 fully saturated rings. The average molecular weight is 397 g/mol. The fourth-order valence-electron chi connectivity index (χ4n) is 3.12. The summed E-state index contributed by atoms with van der Waals surface area (Å²) in [6, 6.07) is 7.55. The highest BCUT2D eigenvalue weighted by Gasteiger charge is 2.34. The number of likely N-dealkylation sites (tertiary alicyclic amines) is 1. The maximum atomic E-state index is 12.7. The number of aryl methyl sites for hydroxylation is 1. The number of rotatable bonds is 5. The molecule has 6 nitrogen and oxygen atoms in total. The van der Waals surface area contributed by atoms with Crippen molar-refractivity contribution >= 4 is 30.0 Å². The first kappa shape index (κ1) is 23.2. The number of urea groups is 1. The number of halogens is 1. The average Bonchev–Trinajstić information content (AvgIpc) is 2.61. The van der Waals surface area contributed by atoms with Crippen LogP contribution in [0.4, 0.5) is 10.5 Å². The van der Waals surface area contributed by atoms with E-state index in [1.165, 1.54) is 0 Å². The number of carbonyl (C=O) groups is 2. The third-order valence-electron chi connectivity index (χ3n) is 5.46. The van der Waals surface area contributed by atoms with Gasteiger partial charge in [-0.3, -0.25) is 4.79 Å². The molecule has 0 saturated carbocycles. The number of hydrogen-bond acceptors (Lipinski definition) is 3. The SMILES string of the molecule is Cc1cccc(NC(=O)N2CCCC(C(=O)NC(C)(CN)C(C)C)C2)c1.Cl. The topological polar surface area (TPSA) is 87.5 Å². The zero-order valence-corrected chi connectivity index (χ0v) is 17.6. The lowest BCUT2D eigenvalue weighted by molar-refractivity contribution is -0.128. The van der Waals surface area contributed by atoms with Crippen LogP contribution in [0.5, 0.6) is 0 Å². The van der Waals surface area contributed by atoms with Crippen LogP contribution in [0.2, 0.25) is 0 Å². The zero-order valence-electron chi connectivity index (χ0n) is 16.7. The Bertz CT molecular complexity index is 653. The van der Waals surface area contributed by atoms with Crippen molar-refractivity contribution in [1.82, 2.24) is 10.2 Å². The molecule has 1 aliphatic heterocycles. The van der Waals surface area contributed by atoms with Gasteiger partial charge >= 0.3 is 6.03 Å². The van der Waals surface area contributed by atoms with Gasteiger partial charge in [-0.1, -0.05) is 26.0 Å². The molecule has 1 heterocycles. The molecule has 2 unspecified atom stereocenters. The lowest BCUT2D eigenvalue weighted by Crippen LogP contribution is -2.58. The lowest BCUT2D eigenvalue weighted by Gasteiger charge is -2.37. The summed E-state index contributed by atoms with van der Waals surface area (Å²) >= 11 is 0. The second-order valence-electron chi connectivity index (χ2n) is 7.85. The van der Waals surface area contributed by atoms with Gasteiger partial charge in [0.15, 0.2) is 0 Å². The first-order valence-corrected chi connectivity index (χ1v) is 9.40. The summed E-state index contributed by atoms with van der Waals surface area (Å²) in [6.07, 6.45) is 1.61. The van der Waals surface area contributed by atoms with Crippen molar-refractivity contribution in [2.45, 2.75) is 46.1 Å². The molecule has 4 N–H and O–H groups in total. The highest BCUT2D eigenvalue weighted by molar-refractivity contribution is 5.90. The molecular weight excluding hydrogens is 364 g/mol. The van der Waals surface area contributed by atoms with Crippen molar-refractivity contribution < 1.29 is 9.59 Å². The summed E-state index contributed by atoms with van der Waals surface area (Å²) in [4.78, 5) is 27.0. The van der Waals surface area contributed by atoms with Gasteiger partial charge < -0.3 is 21.3 Å². The number of anilines is 1. The second kappa shape index (κ2) is 9.95. The minimum absolute atomic E-state index is 0. The Morgan fingerprint density at radius 2 is 2.07 bits per heavy atom. The Hall–Kier alpha value is -1.79. The van der Waals surface area contributed by atoms with E-state index in [-0.39, 0.29) is 36.2 Å². The lowest BCUT2D eigenvalue weighted by atomic mass is 9.87. The van der Waals surface area contributed by atoms with Gasteiger partial charge in [0.25, 0.3) is 0 Å². The fraction of sp³-hybridized carbons (Fsp3) is 0.600. The molecule has 2 atom stereocenters. The quantitative estimate of drug-likeness (QED) is 0.714. The van der Waals surface area contributed by atoms with Gasteiger partial charge in [-0.15, -0.1) is 12.4 Å². The molecular formula is C20H33ClN4O2. The number of carbonyl (C=O) groups excluding carboxylic acids is 2. The number of nitrogens with zero attached hydrogens (tertiary/aromatic N) is 1. The van der Waals surface area contributed by atoms with Crippen LogP contribution in [0.15, 0.2) is 24.3 Å². The summed E-state index contributed by atoms with van der Waals surface area (Å²) in [7, 11) is 0. The fourth-order valence-corrected chi connectivity index (χ4v) is 3.12. The molecule has 0 bridgehead atoms. The Labute approximate surface area is 168 Å². The Balaban J connectivity index is 0.00000364. The van der Waals surface area contributed by atoms with E-state index in [1.54, 1.807) is 4.90 Å². The predicted octanol–water partition coefficient (Wildman–Crippen LogP) is 3.15. The van der Waals surface area contributed by atoms with E-state index in [2.05, 4.69) is 24.5 Å². The van der Waals surface area contributed by atoms with Crippen LogP contribution < -0.4 is 16.4 Å². The van der Waals surface area contributed by atoms with Crippen LogP contribution in [0.25, 0.3) is 0 Å². The zero-order chi connectivity index (χ0) is 19.3. The van der Waals surface area contributed by atoms with E-state index in [9.17, 15) is 9.59 Å². The van der Waals surface area contributed by atoms with Crippen LogP contribution in [-0.4, -0.2) is 42.0 Å². The molecule has 0 aliphatic carbocycles. The molecule has 27 heavy (non-hydrogen) atoms. The first-order valence-electron chi connectivity index (χ1n) is 9.40. The molecule has 1 aromatic carbocycles. The van der Waals surface area contributed by atoms with E-state index in [1.807, 2.05) is 38.1 Å². The minimum atomic E-state index is -0.427. The first-order chi connectivity index (χ1) is 12.2. The van der Waals surface area contributed by atoms with Crippen LogP contribution in [0, 0.1) is 18.8 Å². The summed E-state index contributed by atoms with van der Waals surface area (Å²) in [6.45, 7) is 9.55. The summed E-state index contributed by atoms with van der Waals surface area (Å²) in [5, 5.41) is 6.03. The van der Waals surface area contributed by atoms with Gasteiger partial charge in [-0.05, 0) is 50.3 Å². The monoisotopic (exact) mass is 396 g/mol. The molecule has 7 heteroatoms. The Kier molecular flexibility index (Phi) is 8.57. The van der Waals surface area contributed by atoms with Crippen molar-refractivity contribution in [2.24, 2.45) is 17.6 Å². The second-order valence-corrected chi connectivity index (χ2v) is 7.85. The molecule has 0 aromatic heterocycles. The van der Waals surface area contributed by atoms with Crippen molar-refractivity contribution in [3.05, 3.63) is 29.8 Å². The highest BCUT2D eigenvalue weighted by Crippen LogP contribution is 2.21. The number of nitrogens with two attached hydrogens (primary N) is 1. The van der Waals surface area contributed by atoms with Crippen molar-refractivity contribution in [1.29, 1.82) is 0 Å². The van der Waals surface area contributed by atoms with Crippen molar-refractivity contribution in [3.8, 4) is 0 Å². The minimum Gasteiger partial charge on any atom is -0.349 e. The van der Waals surface area contributed by atoms with Gasteiger partial charge in [0, 0.05) is 25.3 Å². The molecule has 3 amide bonds. The van der Waals surface area contributed by atoms with Gasteiger partial charge in [0.1, 0.15) is 0 Å². The third-order valence-corrected chi connectivity index (χ3v) is 5.46. The molecule has 2 rings (SSSR count). The Morgan fingerprint density at radius 3 is 2.67 bits per heavy atom. The van der Waals surface area contributed by atoms with Crippen LogP contribution in [-0.2, 0) is 4.79 Å². The predicted molar refractivity (Wildman–Crippen MR) is 112 cm³/mol. The maximum Gasteiger partial charge on any atom is 0.321 e. The van der Waals surface area contributed by atoms with Gasteiger partial charge in [-0.25, -0.2) is 4.79 Å². The van der Waals surface area contributed by atoms with E-state index >= 15 is 0 Å². The highest BCUT2D eigenvalue weighted by atomic mass is 35.5. The smallest absolute Gasteiger partial charge is 0.321 e. The molecule has 1 aliphatic rings. The number of piperidine rings is 1. The number of nitrogens with one attached hydrogen (secondary N) is 2. The summed E-state index contributed by atoms with van der Waals surface area (Å²) in [5.74, 6) is 0.0251. The Morgan fingerprint density at radius 1 is 1.37 bits per heavy atom. The van der Waals surface area contributed by atoms with Crippen molar-refractivity contribution in [3.63, 3.8) is 0 Å². The van der Waals surface area contributed by atoms with Gasteiger partial charge in [0.05, 0.1) is 11.5 Å². The van der Waals surface area contributed by atoms with Crippen LogP contribution in [0.3, 0.4) is 0 Å². The number of amides is 3. The van der Waals surface area contributed by atoms with E-state index < -0.39 is 5.54 Å². The largest absolute Gasteiger partial charge is 0.349 e. The standard InChI is InChI=1S/C20H32N4O2.ClH/c1-14(2)20(4,13-21)23-18(25)16-8-6-10-24(12-16)19(26)22-17-9-5-7-15(3)11-17;/h5,7,9,11,14,16H,6,8,10,12-13,21H2,1-4H3,(H,22,26)(H,23,25);1H. The normalized spacial score (nSPS) is 19.0. The van der Waals surface area contributed by atoms with Crippen LogP contribution in [0.1, 0.15) is 39.2 Å².